The maximum absolute atomic E-state index is 13.0. The van der Waals surface area contributed by atoms with E-state index in [1.807, 2.05) is 24.3 Å². The maximum atomic E-state index is 13.0. The van der Waals surface area contributed by atoms with Gasteiger partial charge in [-0.1, -0.05) is 24.3 Å². The molecule has 7 heteroatoms. The summed E-state index contributed by atoms with van der Waals surface area (Å²) in [5.74, 6) is -0.466. The van der Waals surface area contributed by atoms with Crippen molar-refractivity contribution in [3.8, 4) is 0 Å². The van der Waals surface area contributed by atoms with Crippen molar-refractivity contribution in [2.75, 3.05) is 19.8 Å². The molecular weight excluding hydrogens is 378 g/mol. The molecule has 0 saturated carbocycles. The lowest BCUT2D eigenvalue weighted by atomic mass is 10.0. The van der Waals surface area contributed by atoms with Crippen LogP contribution < -0.4 is 0 Å². The fourth-order valence-electron chi connectivity index (χ4n) is 3.61. The zero-order valence-electron chi connectivity index (χ0n) is 15.5. The highest BCUT2D eigenvalue weighted by Crippen LogP contribution is 2.25. The van der Waals surface area contributed by atoms with Crippen molar-refractivity contribution in [3.05, 3.63) is 65.2 Å². The fourth-order valence-corrected chi connectivity index (χ4v) is 5.03. The van der Waals surface area contributed by atoms with Crippen LogP contribution >= 0.6 is 0 Å². The third-order valence-corrected chi connectivity index (χ3v) is 7.11. The van der Waals surface area contributed by atoms with Gasteiger partial charge in [0.15, 0.2) is 0 Å². The highest BCUT2D eigenvalue weighted by atomic mass is 32.2. The van der Waals surface area contributed by atoms with Crippen LogP contribution in [-0.2, 0) is 32.5 Å². The van der Waals surface area contributed by atoms with Crippen LogP contribution in [0.5, 0.6) is 0 Å². The maximum Gasteiger partial charge on any atom is 0.338 e. The number of ether oxygens (including phenoxy) is 2. The molecule has 2 aromatic carbocycles. The molecule has 2 aromatic rings. The topological polar surface area (TPSA) is 72.9 Å². The molecule has 0 aliphatic carbocycles. The third kappa shape index (κ3) is 3.97. The molecule has 0 radical (unpaired) electrons. The Bertz CT molecular complexity index is 949. The largest absolute Gasteiger partial charge is 0.459 e. The summed E-state index contributed by atoms with van der Waals surface area (Å²) in [6.07, 6.45) is 2.54. The van der Waals surface area contributed by atoms with E-state index in [1.165, 1.54) is 34.1 Å². The number of fused-ring (bicyclic) bond motifs is 1. The zero-order chi connectivity index (χ0) is 19.6. The summed E-state index contributed by atoms with van der Waals surface area (Å²) in [7, 11) is -3.61. The molecular formula is C21H23NO5S. The smallest absolute Gasteiger partial charge is 0.338 e. The Balaban J connectivity index is 1.43. The van der Waals surface area contributed by atoms with Gasteiger partial charge in [0.1, 0.15) is 6.61 Å². The van der Waals surface area contributed by atoms with E-state index in [1.54, 1.807) is 0 Å². The van der Waals surface area contributed by atoms with E-state index in [-0.39, 0.29) is 17.6 Å². The molecule has 2 aliphatic rings. The molecule has 4 rings (SSSR count). The molecule has 2 aliphatic heterocycles. The first-order valence-electron chi connectivity index (χ1n) is 9.50. The Morgan fingerprint density at radius 3 is 2.57 bits per heavy atom. The number of esters is 1. The summed E-state index contributed by atoms with van der Waals surface area (Å²) in [5.41, 5.74) is 2.56. The van der Waals surface area contributed by atoms with Crippen LogP contribution in [0.4, 0.5) is 0 Å². The number of benzene rings is 2. The normalized spacial score (nSPS) is 19.9. The molecule has 1 unspecified atom stereocenters. The van der Waals surface area contributed by atoms with Gasteiger partial charge < -0.3 is 9.47 Å². The number of carbonyl (C=O) groups excluding carboxylic acids is 1. The fraction of sp³-hybridized carbons (Fsp3) is 0.381. The number of rotatable bonds is 5. The van der Waals surface area contributed by atoms with E-state index >= 15 is 0 Å². The lowest BCUT2D eigenvalue weighted by Gasteiger charge is -2.28. The summed E-state index contributed by atoms with van der Waals surface area (Å²) in [6.45, 7) is 1.75. The Morgan fingerprint density at radius 2 is 1.86 bits per heavy atom. The molecule has 1 fully saturated rings. The van der Waals surface area contributed by atoms with Crippen molar-refractivity contribution < 1.29 is 22.7 Å². The van der Waals surface area contributed by atoms with Gasteiger partial charge >= 0.3 is 5.97 Å². The van der Waals surface area contributed by atoms with Gasteiger partial charge in [0.25, 0.3) is 0 Å². The van der Waals surface area contributed by atoms with Gasteiger partial charge in [-0.05, 0) is 54.7 Å². The first kappa shape index (κ1) is 19.1. The lowest BCUT2D eigenvalue weighted by Crippen LogP contribution is -2.35. The average Bonchev–Trinajstić information content (AvgIpc) is 3.25. The van der Waals surface area contributed by atoms with Gasteiger partial charge in [0.05, 0.1) is 16.6 Å². The molecule has 2 heterocycles. The summed E-state index contributed by atoms with van der Waals surface area (Å²) in [5, 5.41) is 0. The van der Waals surface area contributed by atoms with Gasteiger partial charge in [-0.15, -0.1) is 0 Å². The van der Waals surface area contributed by atoms with Crippen molar-refractivity contribution in [2.24, 2.45) is 0 Å². The Labute approximate surface area is 165 Å². The van der Waals surface area contributed by atoms with Crippen LogP contribution in [-0.4, -0.2) is 44.6 Å². The summed E-state index contributed by atoms with van der Waals surface area (Å²) >= 11 is 0. The average molecular weight is 401 g/mol. The van der Waals surface area contributed by atoms with Gasteiger partial charge in [0.2, 0.25) is 10.0 Å². The molecule has 148 valence electrons. The molecule has 6 nitrogen and oxygen atoms in total. The standard InChI is InChI=1S/C21H23NO5S/c23-21(27-15-19-6-3-13-26-19)17-7-9-20(10-8-17)28(24,25)22-12-11-16-4-1-2-5-18(16)14-22/h1-2,4-5,7-10,19H,3,6,11-15H2. The highest BCUT2D eigenvalue weighted by molar-refractivity contribution is 7.89. The second-order valence-electron chi connectivity index (χ2n) is 7.12. The van der Waals surface area contributed by atoms with Gasteiger partial charge in [-0.3, -0.25) is 0 Å². The number of sulfonamides is 1. The van der Waals surface area contributed by atoms with Crippen molar-refractivity contribution in [3.63, 3.8) is 0 Å². The van der Waals surface area contributed by atoms with Crippen LogP contribution in [0.25, 0.3) is 0 Å². The first-order chi connectivity index (χ1) is 13.5. The predicted octanol–water partition coefficient (Wildman–Crippen LogP) is 2.77. The summed E-state index contributed by atoms with van der Waals surface area (Å²) in [4.78, 5) is 12.3. The number of nitrogens with zero attached hydrogens (tertiary/aromatic N) is 1. The van der Waals surface area contributed by atoms with E-state index in [4.69, 9.17) is 9.47 Å². The van der Waals surface area contributed by atoms with E-state index in [0.717, 1.165) is 18.4 Å². The Morgan fingerprint density at radius 1 is 1.11 bits per heavy atom. The minimum Gasteiger partial charge on any atom is -0.459 e. The summed E-state index contributed by atoms with van der Waals surface area (Å²) in [6, 6.07) is 13.8. The predicted molar refractivity (Wildman–Crippen MR) is 103 cm³/mol. The van der Waals surface area contributed by atoms with Crippen LogP contribution in [0.15, 0.2) is 53.4 Å². The zero-order valence-corrected chi connectivity index (χ0v) is 16.4. The number of hydrogen-bond donors (Lipinski definition) is 0. The molecule has 0 amide bonds. The van der Waals surface area contributed by atoms with Crippen molar-refractivity contribution in [1.82, 2.24) is 4.31 Å². The van der Waals surface area contributed by atoms with Gasteiger partial charge in [-0.2, -0.15) is 4.31 Å². The second kappa shape index (κ2) is 8.03. The number of hydrogen-bond acceptors (Lipinski definition) is 5. The molecule has 0 N–H and O–H groups in total. The molecule has 0 bridgehead atoms. The van der Waals surface area contributed by atoms with Crippen molar-refractivity contribution >= 4 is 16.0 Å². The van der Waals surface area contributed by atoms with Crippen LogP contribution in [0.1, 0.15) is 34.3 Å². The van der Waals surface area contributed by atoms with Crippen LogP contribution in [0.2, 0.25) is 0 Å². The molecule has 28 heavy (non-hydrogen) atoms. The van der Waals surface area contributed by atoms with Gasteiger partial charge in [-0.25, -0.2) is 13.2 Å². The van der Waals surface area contributed by atoms with E-state index in [9.17, 15) is 13.2 Å². The Kier molecular flexibility index (Phi) is 5.48. The minimum atomic E-state index is -3.61. The highest BCUT2D eigenvalue weighted by Gasteiger charge is 2.28. The minimum absolute atomic E-state index is 0.0365. The van der Waals surface area contributed by atoms with Crippen LogP contribution in [0, 0.1) is 0 Å². The second-order valence-corrected chi connectivity index (χ2v) is 9.05. The quantitative estimate of drug-likeness (QED) is 0.721. The first-order valence-corrected chi connectivity index (χ1v) is 10.9. The summed E-state index contributed by atoms with van der Waals surface area (Å²) < 4.78 is 38.1. The molecule has 0 aromatic heterocycles. The van der Waals surface area contributed by atoms with Gasteiger partial charge in [0, 0.05) is 19.7 Å². The number of carbonyl (C=O) groups is 1. The van der Waals surface area contributed by atoms with Crippen molar-refractivity contribution in [1.29, 1.82) is 0 Å². The van der Waals surface area contributed by atoms with E-state index in [2.05, 4.69) is 0 Å². The van der Waals surface area contributed by atoms with E-state index < -0.39 is 16.0 Å². The molecule has 0 spiro atoms. The SMILES string of the molecule is O=C(OCC1CCCO1)c1ccc(S(=O)(=O)N2CCc3ccccc3C2)cc1. The van der Waals surface area contributed by atoms with Crippen molar-refractivity contribution in [2.45, 2.75) is 36.8 Å². The molecule has 1 atom stereocenters. The molecule has 1 saturated heterocycles. The van der Waals surface area contributed by atoms with E-state index in [0.29, 0.717) is 31.7 Å². The monoisotopic (exact) mass is 401 g/mol. The van der Waals surface area contributed by atoms with Crippen LogP contribution in [0.3, 0.4) is 0 Å². The lowest BCUT2D eigenvalue weighted by molar-refractivity contribution is 0.0161. The Hall–Kier alpha value is -2.22. The third-order valence-electron chi connectivity index (χ3n) is 5.25.